The van der Waals surface area contributed by atoms with Crippen LogP contribution in [0.3, 0.4) is 0 Å². The van der Waals surface area contributed by atoms with E-state index in [-0.39, 0.29) is 11.5 Å². The van der Waals surface area contributed by atoms with E-state index in [1.54, 1.807) is 0 Å². The zero-order chi connectivity index (χ0) is 13.2. The molecule has 0 saturated carbocycles. The molecule has 1 rings (SSSR count). The quantitative estimate of drug-likeness (QED) is 0.863. The van der Waals surface area contributed by atoms with E-state index in [4.69, 9.17) is 5.11 Å². The molecule has 2 N–H and O–H groups in total. The fraction of sp³-hybridized carbons (Fsp3) is 0.462. The summed E-state index contributed by atoms with van der Waals surface area (Å²) < 4.78 is 0.958. The van der Waals surface area contributed by atoms with E-state index in [1.165, 1.54) is 0 Å². The number of halogens is 1. The van der Waals surface area contributed by atoms with Crippen LogP contribution in [0.2, 0.25) is 0 Å². The Hall–Kier alpha value is -1.03. The highest BCUT2D eigenvalue weighted by Crippen LogP contribution is 2.35. The third-order valence-electron chi connectivity index (χ3n) is 2.69. The molecule has 1 aromatic carbocycles. The van der Waals surface area contributed by atoms with Crippen LogP contribution in [0.25, 0.3) is 0 Å². The second-order valence-corrected chi connectivity index (χ2v) is 6.17. The van der Waals surface area contributed by atoms with E-state index in [0.29, 0.717) is 0 Å². The first kappa shape index (κ1) is 14.0. The van der Waals surface area contributed by atoms with Gasteiger partial charge in [0.25, 0.3) is 0 Å². The highest BCUT2D eigenvalue weighted by atomic mass is 79.9. The lowest BCUT2D eigenvalue weighted by Gasteiger charge is -2.32. The maximum atomic E-state index is 10.9. The maximum Gasteiger partial charge on any atom is 0.405 e. The highest BCUT2D eigenvalue weighted by molar-refractivity contribution is 9.10. The monoisotopic (exact) mass is 299 g/mol. The number of hydrogen-bond acceptors (Lipinski definition) is 1. The van der Waals surface area contributed by atoms with E-state index in [0.717, 1.165) is 15.6 Å². The van der Waals surface area contributed by atoms with Crippen molar-refractivity contribution in [3.63, 3.8) is 0 Å². The van der Waals surface area contributed by atoms with Crippen LogP contribution in [0.5, 0.6) is 0 Å². The molecule has 3 nitrogen and oxygen atoms in total. The van der Waals surface area contributed by atoms with E-state index in [1.807, 2.05) is 45.9 Å². The Morgan fingerprint density at radius 1 is 1.41 bits per heavy atom. The summed E-state index contributed by atoms with van der Waals surface area (Å²) in [4.78, 5) is 10.9. The molecule has 94 valence electrons. The number of nitrogens with one attached hydrogen (secondary N) is 1. The predicted octanol–water partition coefficient (Wildman–Crippen LogP) is 4.11. The average Bonchev–Trinajstić information content (AvgIpc) is 2.16. The molecule has 17 heavy (non-hydrogen) atoms. The van der Waals surface area contributed by atoms with Gasteiger partial charge < -0.3 is 10.4 Å². The van der Waals surface area contributed by atoms with E-state index >= 15 is 0 Å². The number of carbonyl (C=O) groups is 1. The van der Waals surface area contributed by atoms with Crippen molar-refractivity contribution in [1.82, 2.24) is 5.32 Å². The van der Waals surface area contributed by atoms with Crippen molar-refractivity contribution in [1.29, 1.82) is 0 Å². The third-order valence-corrected chi connectivity index (χ3v) is 3.18. The Morgan fingerprint density at radius 3 is 2.47 bits per heavy atom. The number of rotatable bonds is 2. The Labute approximate surface area is 110 Å². The molecule has 1 amide bonds. The van der Waals surface area contributed by atoms with Crippen molar-refractivity contribution < 1.29 is 9.90 Å². The van der Waals surface area contributed by atoms with Gasteiger partial charge in [0.05, 0.1) is 6.04 Å². The first-order chi connectivity index (χ1) is 7.71. The lowest BCUT2D eigenvalue weighted by atomic mass is 9.81. The van der Waals surface area contributed by atoms with Crippen LogP contribution in [-0.4, -0.2) is 11.2 Å². The molecule has 4 heteroatoms. The molecule has 1 atom stereocenters. The largest absolute Gasteiger partial charge is 0.465 e. The molecule has 0 heterocycles. The molecule has 1 unspecified atom stereocenters. The maximum absolute atomic E-state index is 10.9. The molecule has 0 aliphatic rings. The summed E-state index contributed by atoms with van der Waals surface area (Å²) >= 11 is 3.42. The van der Waals surface area contributed by atoms with Crippen molar-refractivity contribution in [2.75, 3.05) is 0 Å². The van der Waals surface area contributed by atoms with Crippen LogP contribution in [0, 0.1) is 12.3 Å². The van der Waals surface area contributed by atoms with Crippen LogP contribution in [0.15, 0.2) is 22.7 Å². The van der Waals surface area contributed by atoms with Gasteiger partial charge in [-0.3, -0.25) is 0 Å². The summed E-state index contributed by atoms with van der Waals surface area (Å²) in [6, 6.07) is 5.69. The lowest BCUT2D eigenvalue weighted by Crippen LogP contribution is -2.36. The highest BCUT2D eigenvalue weighted by Gasteiger charge is 2.29. The fourth-order valence-electron chi connectivity index (χ4n) is 1.81. The zero-order valence-electron chi connectivity index (χ0n) is 10.5. The van der Waals surface area contributed by atoms with Gasteiger partial charge in [0.15, 0.2) is 0 Å². The molecule has 0 spiro atoms. The number of hydrogen-bond donors (Lipinski definition) is 2. The molecule has 0 aromatic heterocycles. The number of benzene rings is 1. The molecule has 0 aliphatic carbocycles. The Balaban J connectivity index is 3.21. The molecular weight excluding hydrogens is 282 g/mol. The summed E-state index contributed by atoms with van der Waals surface area (Å²) in [6.07, 6.45) is -0.996. The van der Waals surface area contributed by atoms with Crippen LogP contribution >= 0.6 is 15.9 Å². The van der Waals surface area contributed by atoms with Gasteiger partial charge in [-0.25, -0.2) is 4.79 Å². The van der Waals surface area contributed by atoms with Crippen molar-refractivity contribution in [2.24, 2.45) is 5.41 Å². The van der Waals surface area contributed by atoms with E-state index < -0.39 is 6.09 Å². The minimum Gasteiger partial charge on any atom is -0.465 e. The number of aryl methyl sites for hydroxylation is 1. The second kappa shape index (κ2) is 5.08. The SMILES string of the molecule is Cc1ccc(Br)cc1C(NC(=O)O)C(C)(C)C. The van der Waals surface area contributed by atoms with Crippen LogP contribution < -0.4 is 5.32 Å². The minimum absolute atomic E-state index is 0.177. The predicted molar refractivity (Wildman–Crippen MR) is 72.2 cm³/mol. The Kier molecular flexibility index (Phi) is 4.20. The normalized spacial score (nSPS) is 13.2. The first-order valence-electron chi connectivity index (χ1n) is 5.47. The Bertz CT molecular complexity index is 424. The molecule has 0 saturated heterocycles. The van der Waals surface area contributed by atoms with Gasteiger partial charge in [0, 0.05) is 4.47 Å². The molecule has 1 aromatic rings. The number of amides is 1. The standard InChI is InChI=1S/C13H18BrNO2/c1-8-5-6-9(14)7-10(8)11(13(2,3)4)15-12(16)17/h5-7,11,15H,1-4H3,(H,16,17). The fourth-order valence-corrected chi connectivity index (χ4v) is 2.19. The van der Waals surface area contributed by atoms with Crippen molar-refractivity contribution in [3.05, 3.63) is 33.8 Å². The molecule has 0 bridgehead atoms. The summed E-state index contributed by atoms with van der Waals surface area (Å²) in [5, 5.41) is 11.5. The third kappa shape index (κ3) is 3.73. The van der Waals surface area contributed by atoms with E-state index in [9.17, 15) is 4.79 Å². The van der Waals surface area contributed by atoms with Gasteiger partial charge in [0.2, 0.25) is 0 Å². The average molecular weight is 300 g/mol. The van der Waals surface area contributed by atoms with Crippen molar-refractivity contribution in [3.8, 4) is 0 Å². The summed E-state index contributed by atoms with van der Waals surface area (Å²) in [7, 11) is 0. The molecule has 0 radical (unpaired) electrons. The molecule has 0 fully saturated rings. The van der Waals surface area contributed by atoms with Gasteiger partial charge in [-0.1, -0.05) is 42.8 Å². The van der Waals surface area contributed by atoms with Gasteiger partial charge in [-0.2, -0.15) is 0 Å². The van der Waals surface area contributed by atoms with Gasteiger partial charge in [0.1, 0.15) is 0 Å². The smallest absolute Gasteiger partial charge is 0.405 e. The second-order valence-electron chi connectivity index (χ2n) is 5.25. The topological polar surface area (TPSA) is 49.3 Å². The summed E-state index contributed by atoms with van der Waals surface area (Å²) in [5.74, 6) is 0. The first-order valence-corrected chi connectivity index (χ1v) is 6.26. The van der Waals surface area contributed by atoms with E-state index in [2.05, 4.69) is 21.2 Å². The van der Waals surface area contributed by atoms with Gasteiger partial charge >= 0.3 is 6.09 Å². The minimum atomic E-state index is -0.996. The summed E-state index contributed by atoms with van der Waals surface area (Å²) in [6.45, 7) is 8.06. The molecule has 0 aliphatic heterocycles. The van der Waals surface area contributed by atoms with Gasteiger partial charge in [-0.15, -0.1) is 0 Å². The van der Waals surface area contributed by atoms with Crippen molar-refractivity contribution in [2.45, 2.75) is 33.7 Å². The van der Waals surface area contributed by atoms with Crippen molar-refractivity contribution >= 4 is 22.0 Å². The number of carboxylic acid groups (broad SMARTS) is 1. The lowest BCUT2D eigenvalue weighted by molar-refractivity contribution is 0.175. The van der Waals surface area contributed by atoms with Crippen LogP contribution in [0.1, 0.15) is 37.9 Å². The summed E-state index contributed by atoms with van der Waals surface area (Å²) in [5.41, 5.74) is 1.92. The molecular formula is C13H18BrNO2. The van der Waals surface area contributed by atoms with Gasteiger partial charge in [-0.05, 0) is 35.6 Å². The Morgan fingerprint density at radius 2 is 2.00 bits per heavy atom. The van der Waals surface area contributed by atoms with Crippen LogP contribution in [0.4, 0.5) is 4.79 Å². The van der Waals surface area contributed by atoms with Crippen LogP contribution in [-0.2, 0) is 0 Å². The zero-order valence-corrected chi connectivity index (χ0v) is 12.1.